The molecule has 1 amide bonds. The van der Waals surface area contributed by atoms with Crippen molar-refractivity contribution >= 4 is 11.9 Å². The quantitative estimate of drug-likeness (QED) is 0.875. The molecule has 3 unspecified atom stereocenters. The molecule has 1 aliphatic carbocycles. The Hall–Kier alpha value is -1.84. The van der Waals surface area contributed by atoms with Crippen molar-refractivity contribution in [3.8, 4) is 0 Å². The van der Waals surface area contributed by atoms with Crippen LogP contribution in [0.5, 0.6) is 0 Å². The van der Waals surface area contributed by atoms with Crippen molar-refractivity contribution in [2.24, 2.45) is 11.3 Å². The van der Waals surface area contributed by atoms with Crippen LogP contribution in [0.4, 0.5) is 0 Å². The minimum absolute atomic E-state index is 0.0230. The summed E-state index contributed by atoms with van der Waals surface area (Å²) >= 11 is 0. The van der Waals surface area contributed by atoms with Gasteiger partial charge in [-0.25, -0.2) is 4.79 Å². The van der Waals surface area contributed by atoms with Crippen LogP contribution >= 0.6 is 0 Å². The van der Waals surface area contributed by atoms with Gasteiger partial charge in [0.05, 0.1) is 0 Å². The summed E-state index contributed by atoms with van der Waals surface area (Å²) in [6.07, 6.45) is 2.16. The summed E-state index contributed by atoms with van der Waals surface area (Å²) in [6, 6.07) is 8.63. The molecule has 1 aliphatic rings. The van der Waals surface area contributed by atoms with E-state index >= 15 is 0 Å². The van der Waals surface area contributed by atoms with Gasteiger partial charge in [0.25, 0.3) is 0 Å². The Kier molecular flexibility index (Phi) is 4.35. The fraction of sp³-hybridized carbons (Fsp3) is 0.529. The van der Waals surface area contributed by atoms with Gasteiger partial charge in [-0.2, -0.15) is 0 Å². The fourth-order valence-corrected chi connectivity index (χ4v) is 2.81. The van der Waals surface area contributed by atoms with E-state index in [2.05, 4.69) is 13.8 Å². The summed E-state index contributed by atoms with van der Waals surface area (Å²) in [7, 11) is 1.61. The molecule has 114 valence electrons. The van der Waals surface area contributed by atoms with Gasteiger partial charge in [0.2, 0.25) is 5.91 Å². The molecule has 1 fully saturated rings. The molecule has 1 aromatic carbocycles. The average Bonchev–Trinajstić information content (AvgIpc) is 3.17. The Morgan fingerprint density at radius 3 is 2.48 bits per heavy atom. The summed E-state index contributed by atoms with van der Waals surface area (Å²) in [4.78, 5) is 25.4. The van der Waals surface area contributed by atoms with Crippen LogP contribution in [0.25, 0.3) is 0 Å². The van der Waals surface area contributed by atoms with E-state index in [4.69, 9.17) is 0 Å². The standard InChI is InChI=1S/C17H23NO3/c1-4-17(2)11-13(17)15(19)18(3)14(16(20)21)10-12-8-6-5-7-9-12/h5-9,13-14H,4,10-11H2,1-3H3,(H,20,21). The van der Waals surface area contributed by atoms with Crippen LogP contribution in [0, 0.1) is 11.3 Å². The lowest BCUT2D eigenvalue weighted by molar-refractivity contribution is -0.149. The number of amides is 1. The first-order chi connectivity index (χ1) is 9.89. The summed E-state index contributed by atoms with van der Waals surface area (Å²) in [6.45, 7) is 4.17. The molecule has 4 heteroatoms. The van der Waals surface area contributed by atoms with Crippen molar-refractivity contribution in [2.45, 2.75) is 39.2 Å². The number of hydrogen-bond acceptors (Lipinski definition) is 2. The van der Waals surface area contributed by atoms with E-state index in [-0.39, 0.29) is 17.2 Å². The Balaban J connectivity index is 2.08. The van der Waals surface area contributed by atoms with Crippen molar-refractivity contribution in [2.75, 3.05) is 7.05 Å². The molecule has 0 saturated heterocycles. The summed E-state index contributed by atoms with van der Waals surface area (Å²) in [5.41, 5.74) is 0.986. The second kappa shape index (κ2) is 5.88. The number of carboxylic acids is 1. The number of carbonyl (C=O) groups excluding carboxylic acids is 1. The maximum Gasteiger partial charge on any atom is 0.326 e. The Morgan fingerprint density at radius 2 is 2.00 bits per heavy atom. The van der Waals surface area contributed by atoms with Crippen LogP contribution < -0.4 is 0 Å². The highest BCUT2D eigenvalue weighted by atomic mass is 16.4. The number of rotatable bonds is 6. The number of hydrogen-bond donors (Lipinski definition) is 1. The first-order valence-corrected chi connectivity index (χ1v) is 7.42. The molecule has 3 atom stereocenters. The van der Waals surface area contributed by atoms with E-state index in [9.17, 15) is 14.7 Å². The number of likely N-dealkylation sites (N-methyl/N-ethyl adjacent to an activating group) is 1. The number of carbonyl (C=O) groups is 2. The average molecular weight is 289 g/mol. The molecular weight excluding hydrogens is 266 g/mol. The number of nitrogens with zero attached hydrogens (tertiary/aromatic N) is 1. The molecule has 4 nitrogen and oxygen atoms in total. The second-order valence-electron chi connectivity index (χ2n) is 6.26. The van der Waals surface area contributed by atoms with Gasteiger partial charge in [-0.1, -0.05) is 44.2 Å². The predicted molar refractivity (Wildman–Crippen MR) is 80.8 cm³/mol. The molecular formula is C17H23NO3. The van der Waals surface area contributed by atoms with Crippen LogP contribution in [0.2, 0.25) is 0 Å². The van der Waals surface area contributed by atoms with Gasteiger partial charge in [-0.15, -0.1) is 0 Å². The molecule has 1 aromatic rings. The molecule has 0 bridgehead atoms. The third-order valence-electron chi connectivity index (χ3n) is 4.83. The van der Waals surface area contributed by atoms with Gasteiger partial charge in [0.15, 0.2) is 0 Å². The van der Waals surface area contributed by atoms with Crippen LogP contribution in [-0.2, 0) is 16.0 Å². The molecule has 2 rings (SSSR count). The maximum absolute atomic E-state index is 12.5. The summed E-state index contributed by atoms with van der Waals surface area (Å²) < 4.78 is 0. The zero-order chi connectivity index (χ0) is 15.6. The number of benzene rings is 1. The molecule has 1 saturated carbocycles. The Bertz CT molecular complexity index is 528. The van der Waals surface area contributed by atoms with Gasteiger partial charge in [-0.05, 0) is 23.8 Å². The van der Waals surface area contributed by atoms with Crippen LogP contribution in [0.1, 0.15) is 32.3 Å². The Morgan fingerprint density at radius 1 is 1.38 bits per heavy atom. The Labute approximate surface area is 125 Å². The lowest BCUT2D eigenvalue weighted by Crippen LogP contribution is -2.45. The second-order valence-corrected chi connectivity index (χ2v) is 6.26. The first kappa shape index (κ1) is 15.5. The third kappa shape index (κ3) is 3.26. The zero-order valence-electron chi connectivity index (χ0n) is 12.9. The summed E-state index contributed by atoms with van der Waals surface area (Å²) in [5.74, 6) is -1.01. The van der Waals surface area contributed by atoms with E-state index in [1.807, 2.05) is 30.3 Å². The van der Waals surface area contributed by atoms with Crippen LogP contribution in [0.3, 0.4) is 0 Å². The van der Waals surface area contributed by atoms with E-state index < -0.39 is 12.0 Å². The van der Waals surface area contributed by atoms with Gasteiger partial charge < -0.3 is 10.0 Å². The molecule has 0 spiro atoms. The molecule has 0 heterocycles. The minimum atomic E-state index is -0.950. The van der Waals surface area contributed by atoms with E-state index in [1.165, 1.54) is 4.90 Å². The van der Waals surface area contributed by atoms with Gasteiger partial charge in [0, 0.05) is 19.4 Å². The van der Waals surface area contributed by atoms with Crippen molar-refractivity contribution in [1.29, 1.82) is 0 Å². The smallest absolute Gasteiger partial charge is 0.326 e. The van der Waals surface area contributed by atoms with Crippen molar-refractivity contribution in [1.82, 2.24) is 4.90 Å². The summed E-state index contributed by atoms with van der Waals surface area (Å²) in [5, 5.41) is 9.45. The number of aliphatic carboxylic acids is 1. The molecule has 0 aromatic heterocycles. The largest absolute Gasteiger partial charge is 0.480 e. The highest BCUT2D eigenvalue weighted by molar-refractivity contribution is 5.87. The van der Waals surface area contributed by atoms with E-state index in [0.717, 1.165) is 18.4 Å². The third-order valence-corrected chi connectivity index (χ3v) is 4.83. The maximum atomic E-state index is 12.5. The van der Waals surface area contributed by atoms with Gasteiger partial charge >= 0.3 is 5.97 Å². The highest BCUT2D eigenvalue weighted by Crippen LogP contribution is 2.55. The van der Waals surface area contributed by atoms with Crippen molar-refractivity contribution in [3.05, 3.63) is 35.9 Å². The van der Waals surface area contributed by atoms with Crippen LogP contribution in [-0.4, -0.2) is 35.0 Å². The monoisotopic (exact) mass is 289 g/mol. The van der Waals surface area contributed by atoms with E-state index in [1.54, 1.807) is 7.05 Å². The molecule has 0 aliphatic heterocycles. The molecule has 0 radical (unpaired) electrons. The van der Waals surface area contributed by atoms with Crippen molar-refractivity contribution < 1.29 is 14.7 Å². The van der Waals surface area contributed by atoms with Gasteiger partial charge in [-0.3, -0.25) is 4.79 Å². The van der Waals surface area contributed by atoms with Crippen molar-refractivity contribution in [3.63, 3.8) is 0 Å². The minimum Gasteiger partial charge on any atom is -0.480 e. The zero-order valence-corrected chi connectivity index (χ0v) is 12.9. The SMILES string of the molecule is CCC1(C)CC1C(=O)N(C)C(Cc1ccccc1)C(=O)O. The molecule has 1 N–H and O–H groups in total. The topological polar surface area (TPSA) is 57.6 Å². The lowest BCUT2D eigenvalue weighted by atomic mass is 10.0. The normalized spacial score (nSPS) is 25.2. The fourth-order valence-electron chi connectivity index (χ4n) is 2.81. The first-order valence-electron chi connectivity index (χ1n) is 7.42. The molecule has 21 heavy (non-hydrogen) atoms. The predicted octanol–water partition coefficient (Wildman–Crippen LogP) is 2.58. The van der Waals surface area contributed by atoms with E-state index in [0.29, 0.717) is 6.42 Å². The lowest BCUT2D eigenvalue weighted by Gasteiger charge is -2.26. The number of carboxylic acid groups (broad SMARTS) is 1. The highest BCUT2D eigenvalue weighted by Gasteiger charge is 2.54. The van der Waals surface area contributed by atoms with Gasteiger partial charge in [0.1, 0.15) is 6.04 Å². The van der Waals surface area contributed by atoms with Crippen LogP contribution in [0.15, 0.2) is 30.3 Å².